The largest absolute Gasteiger partial charge is 0.489 e. The maximum Gasteiger partial charge on any atom is 0.275 e. The molecule has 0 radical (unpaired) electrons. The van der Waals surface area contributed by atoms with Crippen molar-refractivity contribution in [2.75, 3.05) is 0 Å². The van der Waals surface area contributed by atoms with E-state index in [2.05, 4.69) is 10.1 Å². The zero-order valence-corrected chi connectivity index (χ0v) is 15.5. The molecule has 2 heterocycles. The molecule has 0 spiro atoms. The third-order valence-corrected chi connectivity index (χ3v) is 4.32. The Balaban J connectivity index is 1.68. The Morgan fingerprint density at radius 2 is 2.04 bits per heavy atom. The molecule has 0 aliphatic rings. The van der Waals surface area contributed by atoms with Crippen molar-refractivity contribution < 1.29 is 14.1 Å². The number of ether oxygens (including phenoxy) is 1. The molecular weight excluding hydrogens is 366 g/mol. The normalized spacial score (nSPS) is 11.3. The number of benzene rings is 2. The number of fused-ring (bicyclic) bond motifs is 1. The van der Waals surface area contributed by atoms with Crippen LogP contribution in [0.4, 0.5) is 0 Å². The van der Waals surface area contributed by atoms with Crippen LogP contribution in [0.15, 0.2) is 53.2 Å². The number of hydrogen-bond donors (Lipinski definition) is 0. The van der Waals surface area contributed by atoms with Crippen molar-refractivity contribution in [2.24, 2.45) is 0 Å². The van der Waals surface area contributed by atoms with Crippen molar-refractivity contribution in [3.05, 3.63) is 59.2 Å². The summed E-state index contributed by atoms with van der Waals surface area (Å²) in [4.78, 5) is 15.4. The zero-order chi connectivity index (χ0) is 19.0. The van der Waals surface area contributed by atoms with Gasteiger partial charge in [-0.2, -0.15) is 4.98 Å². The van der Waals surface area contributed by atoms with E-state index in [0.717, 1.165) is 17.2 Å². The third kappa shape index (κ3) is 3.31. The number of carbonyl (C=O) groups excluding carboxylic acids is 1. The summed E-state index contributed by atoms with van der Waals surface area (Å²) in [6.07, 6.45) is 2.69. The Kier molecular flexibility index (Phi) is 4.41. The van der Waals surface area contributed by atoms with Crippen LogP contribution < -0.4 is 4.74 Å². The van der Waals surface area contributed by atoms with Gasteiger partial charge < -0.3 is 9.26 Å². The Hall–Kier alpha value is -3.12. The van der Waals surface area contributed by atoms with Gasteiger partial charge in [0.25, 0.3) is 11.8 Å². The Bertz CT molecular complexity index is 1130. The van der Waals surface area contributed by atoms with E-state index in [9.17, 15) is 4.79 Å². The van der Waals surface area contributed by atoms with Crippen molar-refractivity contribution >= 4 is 28.8 Å². The molecule has 0 saturated heterocycles. The number of rotatable bonds is 5. The molecule has 0 atom stereocenters. The van der Waals surface area contributed by atoms with Gasteiger partial charge in [0.15, 0.2) is 0 Å². The highest BCUT2D eigenvalue weighted by Crippen LogP contribution is 2.31. The second-order valence-corrected chi connectivity index (χ2v) is 6.74. The van der Waals surface area contributed by atoms with E-state index in [0.29, 0.717) is 33.7 Å². The van der Waals surface area contributed by atoms with Crippen LogP contribution in [0.2, 0.25) is 5.02 Å². The van der Waals surface area contributed by atoms with Gasteiger partial charge in [0.2, 0.25) is 0 Å². The first kappa shape index (κ1) is 17.3. The second kappa shape index (κ2) is 6.89. The monoisotopic (exact) mass is 381 g/mol. The van der Waals surface area contributed by atoms with Gasteiger partial charge in [-0.15, -0.1) is 0 Å². The van der Waals surface area contributed by atoms with Crippen LogP contribution in [0.1, 0.15) is 24.2 Å². The molecule has 0 amide bonds. The topological polar surface area (TPSA) is 70.2 Å². The van der Waals surface area contributed by atoms with Gasteiger partial charge in [-0.25, -0.2) is 0 Å². The molecule has 0 aliphatic carbocycles. The van der Waals surface area contributed by atoms with Crippen molar-refractivity contribution in [3.8, 4) is 23.2 Å². The number of halogens is 1. The Labute approximate surface area is 160 Å². The van der Waals surface area contributed by atoms with Crippen LogP contribution in [-0.4, -0.2) is 27.1 Å². The lowest BCUT2D eigenvalue weighted by Crippen LogP contribution is -2.05. The van der Waals surface area contributed by atoms with Gasteiger partial charge in [-0.3, -0.25) is 9.36 Å². The predicted octanol–water partition coefficient (Wildman–Crippen LogP) is 4.93. The molecule has 0 bridgehead atoms. The lowest BCUT2D eigenvalue weighted by atomic mass is 10.2. The summed E-state index contributed by atoms with van der Waals surface area (Å²) in [7, 11) is 0. The SMILES string of the molecule is CC(C)Oc1ccc(-c2nc(-n3ccc4cc(C=O)ccc43)no2)cc1Cl. The fourth-order valence-corrected chi connectivity index (χ4v) is 3.05. The first-order valence-electron chi connectivity index (χ1n) is 8.42. The summed E-state index contributed by atoms with van der Waals surface area (Å²) in [5, 5.41) is 5.46. The van der Waals surface area contributed by atoms with Crippen LogP contribution in [0.5, 0.6) is 5.75 Å². The van der Waals surface area contributed by atoms with Crippen LogP contribution in [0.25, 0.3) is 28.3 Å². The fraction of sp³-hybridized carbons (Fsp3) is 0.150. The molecule has 0 N–H and O–H groups in total. The summed E-state index contributed by atoms with van der Waals surface area (Å²) in [5.41, 5.74) is 2.20. The molecule has 4 rings (SSSR count). The van der Waals surface area contributed by atoms with E-state index in [-0.39, 0.29) is 6.10 Å². The molecule has 136 valence electrons. The molecule has 0 fully saturated rings. The maximum atomic E-state index is 10.9. The van der Waals surface area contributed by atoms with E-state index in [1.54, 1.807) is 22.8 Å². The van der Waals surface area contributed by atoms with Crippen molar-refractivity contribution in [2.45, 2.75) is 20.0 Å². The average molecular weight is 382 g/mol. The number of hydrogen-bond acceptors (Lipinski definition) is 5. The predicted molar refractivity (Wildman–Crippen MR) is 103 cm³/mol. The summed E-state index contributed by atoms with van der Waals surface area (Å²) in [6.45, 7) is 3.88. The zero-order valence-electron chi connectivity index (χ0n) is 14.7. The summed E-state index contributed by atoms with van der Waals surface area (Å²) < 4.78 is 12.8. The van der Waals surface area contributed by atoms with Crippen LogP contribution in [0.3, 0.4) is 0 Å². The molecule has 7 heteroatoms. The lowest BCUT2D eigenvalue weighted by molar-refractivity contribution is 0.112. The molecule has 27 heavy (non-hydrogen) atoms. The first-order chi connectivity index (χ1) is 13.0. The second-order valence-electron chi connectivity index (χ2n) is 6.33. The highest BCUT2D eigenvalue weighted by molar-refractivity contribution is 6.32. The molecule has 0 aliphatic heterocycles. The highest BCUT2D eigenvalue weighted by atomic mass is 35.5. The van der Waals surface area contributed by atoms with Crippen molar-refractivity contribution in [1.82, 2.24) is 14.7 Å². The molecule has 0 unspecified atom stereocenters. The smallest absolute Gasteiger partial charge is 0.275 e. The standard InChI is InChI=1S/C20H16ClN3O3/c1-12(2)26-18-6-4-15(10-16(18)21)19-22-20(23-27-19)24-8-7-14-9-13(11-25)3-5-17(14)24/h3-12H,1-2H3. The molecular formula is C20H16ClN3O3. The Morgan fingerprint density at radius 3 is 2.78 bits per heavy atom. The number of aromatic nitrogens is 3. The average Bonchev–Trinajstić information content (AvgIpc) is 3.29. The number of nitrogens with zero attached hydrogens (tertiary/aromatic N) is 3. The summed E-state index contributed by atoms with van der Waals surface area (Å²) in [5.74, 6) is 1.37. The fourth-order valence-electron chi connectivity index (χ4n) is 2.82. The number of carbonyl (C=O) groups is 1. The maximum absolute atomic E-state index is 10.9. The minimum absolute atomic E-state index is 0.0325. The van der Waals surface area contributed by atoms with Gasteiger partial charge >= 0.3 is 0 Å². The highest BCUT2D eigenvalue weighted by Gasteiger charge is 2.14. The van der Waals surface area contributed by atoms with Crippen molar-refractivity contribution in [3.63, 3.8) is 0 Å². The minimum atomic E-state index is 0.0325. The van der Waals surface area contributed by atoms with E-state index < -0.39 is 0 Å². The number of aldehydes is 1. The van der Waals surface area contributed by atoms with Gasteiger partial charge in [0, 0.05) is 22.7 Å². The molecule has 0 saturated carbocycles. The molecule has 4 aromatic rings. The van der Waals surface area contributed by atoms with Crippen LogP contribution >= 0.6 is 11.6 Å². The Morgan fingerprint density at radius 1 is 1.19 bits per heavy atom. The van der Waals surface area contributed by atoms with E-state index in [1.807, 2.05) is 44.3 Å². The lowest BCUT2D eigenvalue weighted by Gasteiger charge is -2.11. The van der Waals surface area contributed by atoms with Gasteiger partial charge in [0.1, 0.15) is 12.0 Å². The minimum Gasteiger partial charge on any atom is -0.489 e. The molecule has 2 aromatic heterocycles. The summed E-state index contributed by atoms with van der Waals surface area (Å²) >= 11 is 6.29. The van der Waals surface area contributed by atoms with Crippen LogP contribution in [0, 0.1) is 0 Å². The van der Waals surface area contributed by atoms with E-state index >= 15 is 0 Å². The van der Waals surface area contributed by atoms with Gasteiger partial charge in [-0.05, 0) is 61.5 Å². The molecule has 6 nitrogen and oxygen atoms in total. The first-order valence-corrected chi connectivity index (χ1v) is 8.80. The van der Waals surface area contributed by atoms with E-state index in [1.165, 1.54) is 0 Å². The van der Waals surface area contributed by atoms with Gasteiger partial charge in [-0.1, -0.05) is 11.6 Å². The van der Waals surface area contributed by atoms with Gasteiger partial charge in [0.05, 0.1) is 16.6 Å². The van der Waals surface area contributed by atoms with Crippen molar-refractivity contribution in [1.29, 1.82) is 0 Å². The summed E-state index contributed by atoms with van der Waals surface area (Å²) in [6, 6.07) is 12.7. The van der Waals surface area contributed by atoms with E-state index in [4.69, 9.17) is 20.9 Å². The van der Waals surface area contributed by atoms with Crippen LogP contribution in [-0.2, 0) is 0 Å². The molecule has 2 aromatic carbocycles. The third-order valence-electron chi connectivity index (χ3n) is 4.02. The quantitative estimate of drug-likeness (QED) is 0.458.